The lowest BCUT2D eigenvalue weighted by Gasteiger charge is -2.05. The van der Waals surface area contributed by atoms with Crippen LogP contribution in [0.3, 0.4) is 0 Å². The molecule has 0 aromatic carbocycles. The van der Waals surface area contributed by atoms with Gasteiger partial charge in [0.25, 0.3) is 0 Å². The van der Waals surface area contributed by atoms with E-state index in [9.17, 15) is 4.57 Å². The molecule has 0 spiro atoms. The molecule has 0 amide bonds. The number of hydrogen-bond donors (Lipinski definition) is 1. The number of hydrogen-bond acceptors (Lipinski definition) is 4. The summed E-state index contributed by atoms with van der Waals surface area (Å²) >= 11 is 0. The first-order valence-electron chi connectivity index (χ1n) is 4.84. The fourth-order valence-corrected chi connectivity index (χ4v) is 1.86. The molecular formula is C8H22O5PSi+. The van der Waals surface area contributed by atoms with Crippen molar-refractivity contribution in [1.82, 2.24) is 0 Å². The van der Waals surface area contributed by atoms with Gasteiger partial charge in [-0.05, 0) is 17.4 Å². The van der Waals surface area contributed by atoms with E-state index < -0.39 is 17.6 Å². The Morgan fingerprint density at radius 1 is 1.13 bits per heavy atom. The second kappa shape index (κ2) is 14.2. The van der Waals surface area contributed by atoms with Crippen LogP contribution in [0.2, 0.25) is 0 Å². The van der Waals surface area contributed by atoms with Crippen molar-refractivity contribution in [2.24, 2.45) is 0 Å². The number of rotatable bonds is 7. The molecule has 0 rings (SSSR count). The summed E-state index contributed by atoms with van der Waals surface area (Å²) in [5, 5.41) is 0. The summed E-state index contributed by atoms with van der Waals surface area (Å²) in [6.45, 7) is 2.07. The van der Waals surface area contributed by atoms with Crippen molar-refractivity contribution in [1.29, 1.82) is 0 Å². The summed E-state index contributed by atoms with van der Waals surface area (Å²) in [4.78, 5) is 8.29. The predicted octanol–water partition coefficient (Wildman–Crippen LogP) is 1.55. The predicted molar refractivity (Wildman–Crippen MR) is 62.4 cm³/mol. The Kier molecular flexibility index (Phi) is 16.6. The molecule has 1 atom stereocenters. The normalized spacial score (nSPS) is 10.9. The minimum absolute atomic E-state index is 0.475. The fourth-order valence-electron chi connectivity index (χ4n) is 0.786. The van der Waals surface area contributed by atoms with Gasteiger partial charge >= 0.3 is 17.6 Å². The van der Waals surface area contributed by atoms with Crippen molar-refractivity contribution in [3.05, 3.63) is 0 Å². The Morgan fingerprint density at radius 2 is 1.60 bits per heavy atom. The lowest BCUT2D eigenvalue weighted by atomic mass is 10.3. The summed E-state index contributed by atoms with van der Waals surface area (Å²) in [5.74, 6) is 0. The van der Waals surface area contributed by atoms with Crippen molar-refractivity contribution in [2.45, 2.75) is 26.2 Å². The molecule has 7 heteroatoms. The first-order chi connectivity index (χ1) is 7.12. The Labute approximate surface area is 94.6 Å². The van der Waals surface area contributed by atoms with Gasteiger partial charge in [-0.15, -0.1) is 0 Å². The van der Waals surface area contributed by atoms with E-state index in [1.165, 1.54) is 0 Å². The molecule has 0 aromatic rings. The molecule has 1 N–H and O–H groups in total. The number of unbranched alkanes of at least 4 members (excludes halogenated alkanes) is 2. The van der Waals surface area contributed by atoms with Crippen LogP contribution < -0.4 is 0 Å². The smallest absolute Gasteiger partial charge is 0.379 e. The third kappa shape index (κ3) is 16.8. The molecule has 0 aliphatic carbocycles. The van der Waals surface area contributed by atoms with Gasteiger partial charge in [0, 0.05) is 21.3 Å². The lowest BCUT2D eigenvalue weighted by molar-refractivity contribution is 0.163. The molecule has 0 saturated heterocycles. The van der Waals surface area contributed by atoms with Gasteiger partial charge < -0.3 is 13.3 Å². The maximum Gasteiger partial charge on any atom is 0.505 e. The van der Waals surface area contributed by atoms with Gasteiger partial charge in [0.1, 0.15) is 0 Å². The highest BCUT2D eigenvalue weighted by Crippen LogP contribution is 2.15. The van der Waals surface area contributed by atoms with Crippen LogP contribution in [0.4, 0.5) is 0 Å². The van der Waals surface area contributed by atoms with E-state index in [2.05, 4.69) is 6.92 Å². The third-order valence-electron chi connectivity index (χ3n) is 1.53. The third-order valence-corrected chi connectivity index (χ3v) is 3.38. The van der Waals surface area contributed by atoms with Crippen LogP contribution in [0.5, 0.6) is 0 Å². The van der Waals surface area contributed by atoms with E-state index in [1.807, 2.05) is 0 Å². The highest BCUT2D eigenvalue weighted by molar-refractivity contribution is 7.37. The molecule has 15 heavy (non-hydrogen) atoms. The van der Waals surface area contributed by atoms with E-state index in [0.717, 1.165) is 19.3 Å². The highest BCUT2D eigenvalue weighted by Gasteiger charge is 2.06. The maximum absolute atomic E-state index is 10.0. The van der Waals surface area contributed by atoms with Crippen LogP contribution in [-0.2, 0) is 17.8 Å². The summed E-state index contributed by atoms with van der Waals surface area (Å²) in [5.41, 5.74) is 0. The van der Waals surface area contributed by atoms with Crippen molar-refractivity contribution >= 4 is 17.6 Å². The Bertz CT molecular complexity index is 137. The summed E-state index contributed by atoms with van der Waals surface area (Å²) < 4.78 is 24.3. The van der Waals surface area contributed by atoms with Gasteiger partial charge in [0.2, 0.25) is 0 Å². The van der Waals surface area contributed by atoms with E-state index in [-0.39, 0.29) is 0 Å². The van der Waals surface area contributed by atoms with Crippen LogP contribution in [-0.4, -0.2) is 41.9 Å². The Morgan fingerprint density at radius 3 is 1.80 bits per heavy atom. The van der Waals surface area contributed by atoms with Gasteiger partial charge in [0.05, 0.1) is 0 Å². The quantitative estimate of drug-likeness (QED) is 0.426. The molecule has 0 aliphatic heterocycles. The molecule has 0 heterocycles. The Hall–Kier alpha value is 0.157. The van der Waals surface area contributed by atoms with Crippen molar-refractivity contribution < 1.29 is 22.7 Å². The van der Waals surface area contributed by atoms with E-state index in [4.69, 9.17) is 18.2 Å². The first kappa shape index (κ1) is 17.5. The van der Waals surface area contributed by atoms with Crippen LogP contribution in [0.15, 0.2) is 0 Å². The summed E-state index contributed by atoms with van der Waals surface area (Å²) in [7, 11) is 1.19. The standard InChI is InChI=1S/C5H11O2P.C3H10O3Si/c1-2-3-4-5-8(6)7;1-4-7(5-2)6-3/h2-5H2,1H3;7H,1-3H3/p+1. The second-order valence-electron chi connectivity index (χ2n) is 2.78. The minimum atomic E-state index is -1.86. The van der Waals surface area contributed by atoms with Gasteiger partial charge in [-0.3, -0.25) is 0 Å². The molecule has 92 valence electrons. The van der Waals surface area contributed by atoms with Gasteiger partial charge in [-0.2, -0.15) is 4.89 Å². The van der Waals surface area contributed by atoms with Crippen LogP contribution in [0, 0.1) is 0 Å². The monoisotopic (exact) mass is 257 g/mol. The molecule has 0 aromatic heterocycles. The summed E-state index contributed by atoms with van der Waals surface area (Å²) in [6, 6.07) is 0. The minimum Gasteiger partial charge on any atom is -0.379 e. The van der Waals surface area contributed by atoms with E-state index >= 15 is 0 Å². The lowest BCUT2D eigenvalue weighted by Crippen LogP contribution is -2.21. The Balaban J connectivity index is 0. The van der Waals surface area contributed by atoms with Crippen molar-refractivity contribution in [3.63, 3.8) is 0 Å². The second-order valence-corrected chi connectivity index (χ2v) is 5.92. The van der Waals surface area contributed by atoms with Crippen LogP contribution in [0.25, 0.3) is 0 Å². The van der Waals surface area contributed by atoms with Crippen molar-refractivity contribution in [3.8, 4) is 0 Å². The SMILES string of the molecule is CCCCC[P+](=O)O.CO[SiH](OC)OC. The van der Waals surface area contributed by atoms with Crippen LogP contribution in [0.1, 0.15) is 26.2 Å². The molecule has 0 saturated carbocycles. The topological polar surface area (TPSA) is 65.0 Å². The molecule has 0 aliphatic rings. The molecule has 5 nitrogen and oxygen atoms in total. The van der Waals surface area contributed by atoms with E-state index in [0.29, 0.717) is 6.16 Å². The van der Waals surface area contributed by atoms with Gasteiger partial charge in [-0.1, -0.05) is 13.3 Å². The van der Waals surface area contributed by atoms with Crippen molar-refractivity contribution in [2.75, 3.05) is 27.5 Å². The molecule has 0 fully saturated rings. The van der Waals surface area contributed by atoms with Gasteiger partial charge in [-0.25, -0.2) is 0 Å². The fraction of sp³-hybridized carbons (Fsp3) is 1.00. The zero-order chi connectivity index (χ0) is 12.1. The molecule has 0 radical (unpaired) electrons. The largest absolute Gasteiger partial charge is 0.505 e. The van der Waals surface area contributed by atoms with E-state index in [1.54, 1.807) is 21.3 Å². The zero-order valence-corrected chi connectivity index (χ0v) is 12.0. The molecule has 0 bridgehead atoms. The maximum atomic E-state index is 10.0. The highest BCUT2D eigenvalue weighted by atomic mass is 31.1. The average molecular weight is 257 g/mol. The molecule has 1 unspecified atom stereocenters. The van der Waals surface area contributed by atoms with Gasteiger partial charge in [0.15, 0.2) is 6.16 Å². The van der Waals surface area contributed by atoms with Crippen LogP contribution >= 0.6 is 8.03 Å². The average Bonchev–Trinajstić information content (AvgIpc) is 2.21. The zero-order valence-electron chi connectivity index (χ0n) is 9.93. The first-order valence-corrected chi connectivity index (χ1v) is 7.65. The summed E-state index contributed by atoms with van der Waals surface area (Å²) in [6.07, 6.45) is 3.55. The molecular weight excluding hydrogens is 235 g/mol.